The highest BCUT2D eigenvalue weighted by Gasteiger charge is 2.27. The number of aryl methyl sites for hydroxylation is 1. The van der Waals surface area contributed by atoms with Crippen LogP contribution in [0.15, 0.2) is 59.5 Å². The van der Waals surface area contributed by atoms with Crippen LogP contribution < -0.4 is 19.4 Å². The van der Waals surface area contributed by atoms with E-state index in [4.69, 9.17) is 9.47 Å². The highest BCUT2D eigenvalue weighted by Crippen LogP contribution is 2.29. The number of nitrogens with zero attached hydrogens (tertiary/aromatic N) is 5. The van der Waals surface area contributed by atoms with Crippen LogP contribution in [0.3, 0.4) is 0 Å². The number of hydrogen-bond donors (Lipinski definition) is 0. The van der Waals surface area contributed by atoms with Crippen LogP contribution in [0.2, 0.25) is 0 Å². The second kappa shape index (κ2) is 10.4. The van der Waals surface area contributed by atoms with Crippen LogP contribution in [0.1, 0.15) is 23.3 Å². The van der Waals surface area contributed by atoms with Crippen molar-refractivity contribution in [3.63, 3.8) is 0 Å². The molecule has 0 aliphatic rings. The molecule has 0 fully saturated rings. The average molecular weight is 569 g/mol. The van der Waals surface area contributed by atoms with Crippen molar-refractivity contribution in [3.8, 4) is 33.7 Å². The van der Waals surface area contributed by atoms with Crippen molar-refractivity contribution in [1.29, 1.82) is 0 Å². The maximum absolute atomic E-state index is 11.7. The summed E-state index contributed by atoms with van der Waals surface area (Å²) in [5.74, 6) is -0.447. The number of rotatable bonds is 7. The lowest BCUT2D eigenvalue weighted by molar-refractivity contribution is -0.734. The number of hydrogen-bond acceptors (Lipinski definition) is 11. The summed E-state index contributed by atoms with van der Waals surface area (Å²) in [6, 6.07) is 13.5. The first-order chi connectivity index (χ1) is 18.1. The smallest absolute Gasteiger partial charge is 0.365 e. The molecule has 3 aromatic carbocycles. The molecule has 0 radical (unpaired) electrons. The largest absolute Gasteiger partial charge is 0.744 e. The molecular weight excluding hydrogens is 546 g/mol. The molecule has 14 heteroatoms. The maximum atomic E-state index is 11.7. The molecule has 5 aromatic rings. The molecule has 0 spiro atoms. The summed E-state index contributed by atoms with van der Waals surface area (Å²) in [6.07, 6.45) is 0. The first kappa shape index (κ1) is 27.6. The van der Waals surface area contributed by atoms with E-state index in [-0.39, 0.29) is 35.8 Å². The van der Waals surface area contributed by atoms with Gasteiger partial charge in [-0.25, -0.2) is 8.42 Å². The fourth-order valence-electron chi connectivity index (χ4n) is 3.78. The van der Waals surface area contributed by atoms with Crippen LogP contribution in [0.4, 0.5) is 0 Å². The van der Waals surface area contributed by atoms with Gasteiger partial charge in [-0.15, -0.1) is 0 Å². The molecule has 12 nitrogen and oxygen atoms in total. The van der Waals surface area contributed by atoms with Gasteiger partial charge in [0.15, 0.2) is 11.2 Å². The number of carboxylic acid groups (broad SMARTS) is 1. The topological polar surface area (TPSA) is 163 Å². The Bertz CT molecular complexity index is 1830. The number of fused-ring (bicyclic) bond motifs is 1. The Morgan fingerprint density at radius 3 is 2.49 bits per heavy atom. The number of ether oxygens (including phenoxy) is 2. The van der Waals surface area contributed by atoms with Crippen LogP contribution in [-0.2, 0) is 10.1 Å². The fraction of sp³-hybridized carbons (Fsp3) is 0.160. The molecule has 2 heterocycles. The molecule has 202 valence electrons. The maximum Gasteiger partial charge on any atom is 0.365 e. The van der Waals surface area contributed by atoms with Crippen LogP contribution in [0.5, 0.6) is 11.5 Å². The SMILES string of the molecule is C.COc1ccc2nc(-[n+]3nc(-c4cc(C)cc(S(=O)(=O)[O-])c4)nn3-c3cc(C(=O)[O-])ccc3OC)sc2c1. The van der Waals surface area contributed by atoms with Crippen molar-refractivity contribution in [2.45, 2.75) is 19.2 Å². The number of aromatic carboxylic acids is 1. The van der Waals surface area contributed by atoms with Gasteiger partial charge in [-0.1, -0.05) is 23.7 Å². The van der Waals surface area contributed by atoms with Crippen LogP contribution in [-0.4, -0.2) is 53.1 Å². The Labute approximate surface area is 227 Å². The van der Waals surface area contributed by atoms with E-state index in [0.29, 0.717) is 22.0 Å². The number of aromatic nitrogens is 5. The molecule has 0 unspecified atom stereocenters. The molecule has 0 atom stereocenters. The molecule has 0 aliphatic carbocycles. The monoisotopic (exact) mass is 568 g/mol. The molecule has 0 aliphatic heterocycles. The zero-order chi connectivity index (χ0) is 27.2. The second-order valence-electron chi connectivity index (χ2n) is 8.10. The third kappa shape index (κ3) is 5.30. The van der Waals surface area contributed by atoms with E-state index in [9.17, 15) is 22.9 Å². The normalized spacial score (nSPS) is 11.3. The summed E-state index contributed by atoms with van der Waals surface area (Å²) < 4.78 is 46.7. The number of carboxylic acids is 1. The van der Waals surface area contributed by atoms with E-state index in [1.165, 1.54) is 58.4 Å². The number of carbonyl (C=O) groups excluding carboxylic acids is 1. The summed E-state index contributed by atoms with van der Waals surface area (Å²) in [5.41, 5.74) is 1.48. The van der Waals surface area contributed by atoms with Gasteiger partial charge in [-0.2, -0.15) is 0 Å². The van der Waals surface area contributed by atoms with Crippen LogP contribution in [0, 0.1) is 6.92 Å². The third-order valence-electron chi connectivity index (χ3n) is 5.54. The average Bonchev–Trinajstić information content (AvgIpc) is 3.51. The summed E-state index contributed by atoms with van der Waals surface area (Å²) >= 11 is 1.26. The van der Waals surface area contributed by atoms with Gasteiger partial charge in [-0.05, 0) is 81.3 Å². The summed E-state index contributed by atoms with van der Waals surface area (Å²) in [6.45, 7) is 1.64. The zero-order valence-electron chi connectivity index (χ0n) is 20.1. The molecular formula is C25H22N5O7S2-. The molecule has 0 saturated heterocycles. The third-order valence-corrected chi connectivity index (χ3v) is 7.34. The molecule has 0 saturated carbocycles. The fourth-order valence-corrected chi connectivity index (χ4v) is 5.31. The van der Waals surface area contributed by atoms with Crippen molar-refractivity contribution in [2.24, 2.45) is 0 Å². The Morgan fingerprint density at radius 1 is 1.05 bits per heavy atom. The van der Waals surface area contributed by atoms with Crippen LogP contribution >= 0.6 is 11.3 Å². The summed E-state index contributed by atoms with van der Waals surface area (Å²) in [5, 5.41) is 21.0. The minimum Gasteiger partial charge on any atom is -0.744 e. The first-order valence-corrected chi connectivity index (χ1v) is 13.1. The zero-order valence-corrected chi connectivity index (χ0v) is 21.7. The lowest BCUT2D eigenvalue weighted by Gasteiger charge is -2.09. The van der Waals surface area contributed by atoms with Crippen molar-refractivity contribution >= 4 is 37.6 Å². The lowest BCUT2D eigenvalue weighted by Crippen LogP contribution is -2.43. The van der Waals surface area contributed by atoms with Crippen molar-refractivity contribution < 1.29 is 37.1 Å². The van der Waals surface area contributed by atoms with Gasteiger partial charge < -0.3 is 23.9 Å². The molecule has 0 bridgehead atoms. The standard InChI is InChI=1S/C24H19N5O7S2.CH4/c1-13-8-15(10-17(9-13)38(32,33)34)22-26-28(19-11-14(23(30)31)4-7-20(19)36-3)29(27-22)24-25-18-6-5-16(35-2)12-21(18)37-24;/h4-12H,1-3H3,(H-,30,31,32,33,34);1H4/p-1. The van der Waals surface area contributed by atoms with Crippen molar-refractivity contribution in [3.05, 3.63) is 65.7 Å². The van der Waals surface area contributed by atoms with Crippen molar-refractivity contribution in [2.75, 3.05) is 14.2 Å². The number of carbonyl (C=O) groups is 1. The van der Waals surface area contributed by atoms with Gasteiger partial charge >= 0.3 is 5.13 Å². The molecule has 0 N–H and O–H groups in total. The highest BCUT2D eigenvalue weighted by atomic mass is 32.2. The van der Waals surface area contributed by atoms with Gasteiger partial charge in [0.2, 0.25) is 0 Å². The van der Waals surface area contributed by atoms with E-state index in [1.54, 1.807) is 32.2 Å². The molecule has 39 heavy (non-hydrogen) atoms. The quantitative estimate of drug-likeness (QED) is 0.210. The van der Waals surface area contributed by atoms with E-state index in [1.807, 2.05) is 6.07 Å². The van der Waals surface area contributed by atoms with E-state index >= 15 is 0 Å². The Balaban J connectivity index is 0.00000353. The lowest BCUT2D eigenvalue weighted by atomic mass is 10.1. The predicted octanol–water partition coefficient (Wildman–Crippen LogP) is 2.05. The van der Waals surface area contributed by atoms with Gasteiger partial charge in [0.25, 0.3) is 5.82 Å². The minimum atomic E-state index is -4.75. The van der Waals surface area contributed by atoms with Gasteiger partial charge in [0.1, 0.15) is 21.6 Å². The van der Waals surface area contributed by atoms with E-state index in [2.05, 4.69) is 15.2 Å². The number of thiazole rings is 1. The summed E-state index contributed by atoms with van der Waals surface area (Å²) in [4.78, 5) is 18.4. The van der Waals surface area contributed by atoms with Crippen molar-refractivity contribution in [1.82, 2.24) is 20.0 Å². The molecule has 5 rings (SSSR count). The van der Waals surface area contributed by atoms with Crippen LogP contribution in [0.25, 0.3) is 32.4 Å². The highest BCUT2D eigenvalue weighted by molar-refractivity contribution is 7.85. The number of tetrazole rings is 1. The molecule has 2 aromatic heterocycles. The predicted molar refractivity (Wildman–Crippen MR) is 138 cm³/mol. The minimum absolute atomic E-state index is 0. The van der Waals surface area contributed by atoms with Gasteiger partial charge in [0, 0.05) is 16.7 Å². The van der Waals surface area contributed by atoms with Gasteiger partial charge in [0.05, 0.1) is 29.8 Å². The first-order valence-electron chi connectivity index (χ1n) is 10.9. The Morgan fingerprint density at radius 2 is 1.82 bits per heavy atom. The van der Waals surface area contributed by atoms with E-state index < -0.39 is 21.0 Å². The Hall–Kier alpha value is -4.40. The second-order valence-corrected chi connectivity index (χ2v) is 10.5. The number of methoxy groups -OCH3 is 2. The van der Waals surface area contributed by atoms with Gasteiger partial charge in [-0.3, -0.25) is 0 Å². The Kier molecular flexibility index (Phi) is 7.37. The number of benzene rings is 3. The van der Waals surface area contributed by atoms with E-state index in [0.717, 1.165) is 4.70 Å². The summed E-state index contributed by atoms with van der Waals surface area (Å²) in [7, 11) is -1.78. The molecule has 0 amide bonds.